The molecule has 0 N–H and O–H groups in total. The SMILES string of the molecule is c1ccc2c(c1)-c1cccc3c1-c1cc(N(c4ccc5ccccc5c4)c4ccc5ccccc5c4)ccc1-c1cccc-3c1-2. The van der Waals surface area contributed by atoms with E-state index in [1.165, 1.54) is 77.2 Å². The molecule has 0 heterocycles. The highest BCUT2D eigenvalue weighted by molar-refractivity contribution is 6.15. The Balaban J connectivity index is 1.27. The monoisotopic (exact) mass is 569 g/mol. The normalized spacial score (nSPS) is 12.0. The van der Waals surface area contributed by atoms with Gasteiger partial charge in [-0.15, -0.1) is 0 Å². The Morgan fingerprint density at radius 1 is 0.244 bits per heavy atom. The lowest BCUT2D eigenvalue weighted by Crippen LogP contribution is -2.10. The summed E-state index contributed by atoms with van der Waals surface area (Å²) >= 11 is 0. The van der Waals surface area contributed by atoms with Crippen LogP contribution in [0.4, 0.5) is 17.1 Å². The van der Waals surface area contributed by atoms with Gasteiger partial charge in [-0.2, -0.15) is 0 Å². The second-order valence-corrected chi connectivity index (χ2v) is 12.1. The van der Waals surface area contributed by atoms with Crippen molar-refractivity contribution in [2.75, 3.05) is 4.90 Å². The van der Waals surface area contributed by atoms with E-state index in [1.54, 1.807) is 0 Å². The molecule has 8 aromatic carbocycles. The van der Waals surface area contributed by atoms with Crippen molar-refractivity contribution in [3.63, 3.8) is 0 Å². The van der Waals surface area contributed by atoms with Crippen molar-refractivity contribution in [3.8, 4) is 55.6 Å². The zero-order valence-electron chi connectivity index (χ0n) is 24.5. The molecule has 0 aliphatic heterocycles. The Bertz CT molecular complexity index is 2400. The minimum atomic E-state index is 1.14. The summed E-state index contributed by atoms with van der Waals surface area (Å²) in [5.41, 5.74) is 16.5. The van der Waals surface area contributed by atoms with Crippen LogP contribution >= 0.6 is 0 Å². The third-order valence-corrected chi connectivity index (χ3v) is 9.71. The maximum atomic E-state index is 2.43. The number of rotatable bonds is 3. The van der Waals surface area contributed by atoms with Crippen LogP contribution in [0.2, 0.25) is 0 Å². The average molecular weight is 570 g/mol. The van der Waals surface area contributed by atoms with Crippen LogP contribution in [0, 0.1) is 0 Å². The molecular formula is C44H27N. The summed E-state index contributed by atoms with van der Waals surface area (Å²) in [5.74, 6) is 0. The van der Waals surface area contributed by atoms with Gasteiger partial charge in [0.1, 0.15) is 0 Å². The van der Waals surface area contributed by atoms with E-state index in [-0.39, 0.29) is 0 Å². The van der Waals surface area contributed by atoms with Gasteiger partial charge in [0.05, 0.1) is 0 Å². The summed E-state index contributed by atoms with van der Waals surface area (Å²) in [6.45, 7) is 0. The molecule has 0 saturated heterocycles. The van der Waals surface area contributed by atoms with Crippen LogP contribution in [0.1, 0.15) is 0 Å². The van der Waals surface area contributed by atoms with Gasteiger partial charge in [0.15, 0.2) is 0 Å². The highest BCUT2D eigenvalue weighted by atomic mass is 15.1. The second-order valence-electron chi connectivity index (χ2n) is 12.1. The van der Waals surface area contributed by atoms with Gasteiger partial charge >= 0.3 is 0 Å². The number of hydrogen-bond donors (Lipinski definition) is 0. The number of fused-ring (bicyclic) bond motifs is 6. The first kappa shape index (κ1) is 24.5. The fourth-order valence-corrected chi connectivity index (χ4v) is 7.71. The Kier molecular flexibility index (Phi) is 5.06. The van der Waals surface area contributed by atoms with Gasteiger partial charge in [-0.05, 0) is 114 Å². The van der Waals surface area contributed by atoms with Gasteiger partial charge in [-0.1, -0.05) is 127 Å². The van der Waals surface area contributed by atoms with Crippen LogP contribution < -0.4 is 4.90 Å². The highest BCUT2D eigenvalue weighted by Gasteiger charge is 2.31. The Morgan fingerprint density at radius 3 is 1.24 bits per heavy atom. The van der Waals surface area contributed by atoms with Gasteiger partial charge in [0.2, 0.25) is 0 Å². The van der Waals surface area contributed by atoms with Gasteiger partial charge in [0, 0.05) is 17.1 Å². The smallest absolute Gasteiger partial charge is 0.0468 e. The summed E-state index contributed by atoms with van der Waals surface area (Å²) in [6, 6.07) is 60.5. The quantitative estimate of drug-likeness (QED) is 0.205. The first-order valence-electron chi connectivity index (χ1n) is 15.6. The van der Waals surface area contributed by atoms with Crippen molar-refractivity contribution in [2.24, 2.45) is 0 Å². The van der Waals surface area contributed by atoms with Gasteiger partial charge in [-0.25, -0.2) is 0 Å². The number of nitrogens with zero attached hydrogens (tertiary/aromatic N) is 1. The molecule has 0 unspecified atom stereocenters. The van der Waals surface area contributed by atoms with Gasteiger partial charge in [0.25, 0.3) is 0 Å². The molecule has 45 heavy (non-hydrogen) atoms. The molecule has 0 amide bonds. The van der Waals surface area contributed by atoms with Crippen molar-refractivity contribution in [3.05, 3.63) is 164 Å². The third kappa shape index (κ3) is 3.56. The minimum Gasteiger partial charge on any atom is -0.310 e. The molecule has 2 aliphatic rings. The zero-order chi connectivity index (χ0) is 29.5. The standard InChI is InChI=1S/C44H27N/c1-3-11-30-25-32(21-19-28(30)9-1)45(33-22-20-29-10-2-4-12-31(29)26-33)34-23-24-36-39-16-8-17-40-41-18-7-15-38(44(41)42(36)27-34)35-13-5-6-14-37(35)43(39)40/h1-27H. The van der Waals surface area contributed by atoms with Crippen LogP contribution in [0.3, 0.4) is 0 Å². The number of anilines is 3. The zero-order valence-corrected chi connectivity index (χ0v) is 24.5. The molecule has 6 bridgehead atoms. The molecule has 10 rings (SSSR count). The lowest BCUT2D eigenvalue weighted by molar-refractivity contribution is 1.29. The van der Waals surface area contributed by atoms with Crippen molar-refractivity contribution in [1.29, 1.82) is 0 Å². The van der Waals surface area contributed by atoms with E-state index in [9.17, 15) is 0 Å². The maximum absolute atomic E-state index is 2.43. The molecule has 8 aromatic rings. The van der Waals surface area contributed by atoms with E-state index in [1.807, 2.05) is 0 Å². The topological polar surface area (TPSA) is 3.24 Å². The van der Waals surface area contributed by atoms with Crippen LogP contribution in [-0.2, 0) is 0 Å². The molecule has 2 aliphatic carbocycles. The lowest BCUT2D eigenvalue weighted by atomic mass is 9.83. The molecule has 0 fully saturated rings. The van der Waals surface area contributed by atoms with Crippen molar-refractivity contribution in [2.45, 2.75) is 0 Å². The molecule has 0 aromatic heterocycles. The summed E-state index contributed by atoms with van der Waals surface area (Å²) in [5, 5.41) is 4.95. The molecular weight excluding hydrogens is 542 g/mol. The minimum absolute atomic E-state index is 1.14. The molecule has 1 nitrogen and oxygen atoms in total. The van der Waals surface area contributed by atoms with Crippen molar-refractivity contribution in [1.82, 2.24) is 0 Å². The maximum Gasteiger partial charge on any atom is 0.0468 e. The summed E-state index contributed by atoms with van der Waals surface area (Å²) in [7, 11) is 0. The summed E-state index contributed by atoms with van der Waals surface area (Å²) in [4.78, 5) is 2.42. The van der Waals surface area contributed by atoms with Crippen LogP contribution in [0.15, 0.2) is 164 Å². The number of benzene rings is 8. The van der Waals surface area contributed by atoms with Gasteiger partial charge in [-0.3, -0.25) is 0 Å². The first-order valence-corrected chi connectivity index (χ1v) is 15.6. The van der Waals surface area contributed by atoms with Crippen LogP contribution in [-0.4, -0.2) is 0 Å². The van der Waals surface area contributed by atoms with E-state index < -0.39 is 0 Å². The Morgan fingerprint density at radius 2 is 0.644 bits per heavy atom. The molecule has 0 saturated carbocycles. The lowest BCUT2D eigenvalue weighted by Gasteiger charge is -2.28. The number of hydrogen-bond acceptors (Lipinski definition) is 1. The predicted molar refractivity (Wildman–Crippen MR) is 190 cm³/mol. The van der Waals surface area contributed by atoms with E-state index in [4.69, 9.17) is 0 Å². The van der Waals surface area contributed by atoms with E-state index in [0.717, 1.165) is 17.1 Å². The summed E-state index contributed by atoms with van der Waals surface area (Å²) in [6.07, 6.45) is 0. The molecule has 0 radical (unpaired) electrons. The van der Waals surface area contributed by atoms with Gasteiger partial charge < -0.3 is 4.90 Å². The third-order valence-electron chi connectivity index (χ3n) is 9.71. The van der Waals surface area contributed by atoms with Crippen molar-refractivity contribution < 1.29 is 0 Å². The van der Waals surface area contributed by atoms with Crippen LogP contribution in [0.25, 0.3) is 77.2 Å². The van der Waals surface area contributed by atoms with E-state index in [0.29, 0.717) is 0 Å². The summed E-state index contributed by atoms with van der Waals surface area (Å²) < 4.78 is 0. The first-order chi connectivity index (χ1) is 22.3. The average Bonchev–Trinajstić information content (AvgIpc) is 3.21. The van der Waals surface area contributed by atoms with Crippen molar-refractivity contribution >= 4 is 38.6 Å². The largest absolute Gasteiger partial charge is 0.310 e. The Labute approximate surface area is 262 Å². The molecule has 208 valence electrons. The fourth-order valence-electron chi connectivity index (χ4n) is 7.71. The predicted octanol–water partition coefficient (Wildman–Crippen LogP) is 12.4. The fraction of sp³-hybridized carbons (Fsp3) is 0. The molecule has 1 heteroatoms. The highest BCUT2D eigenvalue weighted by Crippen LogP contribution is 2.57. The molecule has 0 spiro atoms. The van der Waals surface area contributed by atoms with Crippen LogP contribution in [0.5, 0.6) is 0 Å². The second kappa shape index (κ2) is 9.29. The Hall–Kier alpha value is -5.92. The van der Waals surface area contributed by atoms with E-state index in [2.05, 4.69) is 169 Å². The van der Waals surface area contributed by atoms with E-state index >= 15 is 0 Å². The molecule has 0 atom stereocenters.